The SMILES string of the molecule is Cc1cc(C)c2c(c1)c1cc(C)cc(C)c1n2-c1ccc2c(c1)c(=O)c1cccc3c(=O)c4ccccc4n2c31. The van der Waals surface area contributed by atoms with E-state index in [1.165, 1.54) is 33.0 Å². The zero-order valence-corrected chi connectivity index (χ0v) is 22.8. The molecule has 4 heteroatoms. The van der Waals surface area contributed by atoms with Crippen LogP contribution in [0.3, 0.4) is 0 Å². The highest BCUT2D eigenvalue weighted by molar-refractivity contribution is 6.12. The summed E-state index contributed by atoms with van der Waals surface area (Å²) in [6.45, 7) is 8.61. The summed E-state index contributed by atoms with van der Waals surface area (Å²) in [6, 6.07) is 28.3. The minimum Gasteiger partial charge on any atom is -0.309 e. The zero-order valence-electron chi connectivity index (χ0n) is 22.8. The quantitative estimate of drug-likeness (QED) is 0.164. The van der Waals surface area contributed by atoms with Gasteiger partial charge in [-0.3, -0.25) is 9.59 Å². The van der Waals surface area contributed by atoms with Crippen molar-refractivity contribution in [1.29, 1.82) is 0 Å². The summed E-state index contributed by atoms with van der Waals surface area (Å²) >= 11 is 0. The molecule has 3 aromatic heterocycles. The Kier molecular flexibility index (Phi) is 4.48. The lowest BCUT2D eigenvalue weighted by Gasteiger charge is -2.16. The van der Waals surface area contributed by atoms with Crippen molar-refractivity contribution in [3.63, 3.8) is 0 Å². The number of benzene rings is 5. The molecule has 0 radical (unpaired) electrons. The Balaban J connectivity index is 1.59. The summed E-state index contributed by atoms with van der Waals surface area (Å²) < 4.78 is 4.42. The van der Waals surface area contributed by atoms with E-state index in [2.05, 4.69) is 67.0 Å². The number of aryl methyl sites for hydroxylation is 4. The molecule has 4 nitrogen and oxygen atoms in total. The minimum absolute atomic E-state index is 0.0432. The second-order valence-electron chi connectivity index (χ2n) is 11.2. The summed E-state index contributed by atoms with van der Waals surface area (Å²) in [5.41, 5.74) is 10.3. The van der Waals surface area contributed by atoms with Crippen LogP contribution in [-0.2, 0) is 0 Å². The highest BCUT2D eigenvalue weighted by atomic mass is 16.1. The first-order valence-electron chi connectivity index (χ1n) is 13.6. The second kappa shape index (κ2) is 7.80. The van der Waals surface area contributed by atoms with Crippen molar-refractivity contribution in [3.05, 3.63) is 128 Å². The Morgan fingerprint density at radius 1 is 0.475 bits per heavy atom. The third-order valence-corrected chi connectivity index (χ3v) is 8.49. The molecule has 0 spiro atoms. The largest absolute Gasteiger partial charge is 0.309 e. The first-order valence-corrected chi connectivity index (χ1v) is 13.6. The molecule has 3 heterocycles. The van der Waals surface area contributed by atoms with E-state index in [1.807, 2.05) is 54.6 Å². The normalized spacial score (nSPS) is 12.2. The molecule has 0 saturated carbocycles. The maximum atomic E-state index is 14.1. The average Bonchev–Trinajstić information content (AvgIpc) is 3.27. The van der Waals surface area contributed by atoms with Gasteiger partial charge in [-0.05, 0) is 93.4 Å². The van der Waals surface area contributed by atoms with E-state index < -0.39 is 0 Å². The number of fused-ring (bicyclic) bond motifs is 7. The van der Waals surface area contributed by atoms with E-state index >= 15 is 0 Å². The number of hydrogen-bond acceptors (Lipinski definition) is 2. The van der Waals surface area contributed by atoms with Crippen LogP contribution in [0.15, 0.2) is 94.5 Å². The molecule has 8 rings (SSSR count). The van der Waals surface area contributed by atoms with Crippen molar-refractivity contribution in [2.24, 2.45) is 0 Å². The highest BCUT2D eigenvalue weighted by Crippen LogP contribution is 2.38. The minimum atomic E-state index is -0.0574. The Hall–Kier alpha value is -4.96. The fraction of sp³-hybridized carbons (Fsp3) is 0.111. The fourth-order valence-corrected chi connectivity index (χ4v) is 7.01. The summed E-state index contributed by atoms with van der Waals surface area (Å²) in [5.74, 6) is 0. The predicted octanol–water partition coefficient (Wildman–Crippen LogP) is 7.89. The standard InChI is InChI=1S/C36H26N2O2/c1-19-14-21(3)32-27(16-19)28-17-20(2)15-22(4)33(28)37(32)23-12-13-31-29(18-23)36(40)26-10-7-9-25-34(26)38(31)30-11-6-5-8-24(30)35(25)39/h5-18H,1-4H3. The molecule has 0 aliphatic rings. The summed E-state index contributed by atoms with van der Waals surface area (Å²) in [4.78, 5) is 27.5. The van der Waals surface area contributed by atoms with Gasteiger partial charge in [0.1, 0.15) is 0 Å². The molecule has 0 aliphatic carbocycles. The van der Waals surface area contributed by atoms with Crippen molar-refractivity contribution in [2.45, 2.75) is 27.7 Å². The van der Waals surface area contributed by atoms with Crippen molar-refractivity contribution in [1.82, 2.24) is 8.97 Å². The van der Waals surface area contributed by atoms with E-state index in [4.69, 9.17) is 0 Å². The highest BCUT2D eigenvalue weighted by Gasteiger charge is 2.20. The van der Waals surface area contributed by atoms with E-state index in [0.717, 1.165) is 27.8 Å². The van der Waals surface area contributed by atoms with Gasteiger partial charge in [0.2, 0.25) is 0 Å². The molecule has 0 N–H and O–H groups in total. The Morgan fingerprint density at radius 2 is 1.02 bits per heavy atom. The van der Waals surface area contributed by atoms with Gasteiger partial charge in [-0.15, -0.1) is 0 Å². The maximum absolute atomic E-state index is 14.1. The van der Waals surface area contributed by atoms with Crippen molar-refractivity contribution < 1.29 is 0 Å². The lowest BCUT2D eigenvalue weighted by Crippen LogP contribution is -2.14. The van der Waals surface area contributed by atoms with Crippen LogP contribution in [-0.4, -0.2) is 8.97 Å². The van der Waals surface area contributed by atoms with Crippen LogP contribution in [0.4, 0.5) is 0 Å². The van der Waals surface area contributed by atoms with E-state index in [-0.39, 0.29) is 10.9 Å². The maximum Gasteiger partial charge on any atom is 0.197 e. The molecule has 0 bridgehead atoms. The van der Waals surface area contributed by atoms with Gasteiger partial charge in [-0.2, -0.15) is 0 Å². The fourth-order valence-electron chi connectivity index (χ4n) is 7.01. The monoisotopic (exact) mass is 518 g/mol. The van der Waals surface area contributed by atoms with Gasteiger partial charge in [-0.25, -0.2) is 0 Å². The Morgan fingerprint density at radius 3 is 1.68 bits per heavy atom. The smallest absolute Gasteiger partial charge is 0.197 e. The molecule has 0 aliphatic heterocycles. The lowest BCUT2D eigenvalue weighted by molar-refractivity contribution is 1.15. The van der Waals surface area contributed by atoms with Gasteiger partial charge in [0.15, 0.2) is 10.9 Å². The lowest BCUT2D eigenvalue weighted by atomic mass is 10.0. The predicted molar refractivity (Wildman–Crippen MR) is 167 cm³/mol. The average molecular weight is 519 g/mol. The van der Waals surface area contributed by atoms with Crippen LogP contribution in [0, 0.1) is 27.7 Å². The molecular formula is C36H26N2O2. The number of pyridine rings is 2. The van der Waals surface area contributed by atoms with Gasteiger partial charge in [-0.1, -0.05) is 41.5 Å². The van der Waals surface area contributed by atoms with Crippen LogP contribution >= 0.6 is 0 Å². The van der Waals surface area contributed by atoms with E-state index in [9.17, 15) is 9.59 Å². The van der Waals surface area contributed by atoms with E-state index in [0.29, 0.717) is 27.1 Å². The van der Waals surface area contributed by atoms with Gasteiger partial charge in [0.05, 0.1) is 27.6 Å². The molecule has 0 amide bonds. The van der Waals surface area contributed by atoms with Crippen LogP contribution < -0.4 is 10.9 Å². The van der Waals surface area contributed by atoms with Crippen LogP contribution in [0.1, 0.15) is 22.3 Å². The Bertz CT molecular complexity index is 2450. The number of para-hydroxylation sites is 2. The Labute approximate surface area is 229 Å². The van der Waals surface area contributed by atoms with Crippen molar-refractivity contribution in [2.75, 3.05) is 0 Å². The van der Waals surface area contributed by atoms with Gasteiger partial charge in [0, 0.05) is 38.0 Å². The van der Waals surface area contributed by atoms with Gasteiger partial charge >= 0.3 is 0 Å². The molecule has 0 saturated heterocycles. The molecule has 0 unspecified atom stereocenters. The summed E-state index contributed by atoms with van der Waals surface area (Å²) in [6.07, 6.45) is 0. The summed E-state index contributed by atoms with van der Waals surface area (Å²) in [5, 5.41) is 4.86. The van der Waals surface area contributed by atoms with Crippen LogP contribution in [0.25, 0.3) is 65.6 Å². The molecule has 5 aromatic carbocycles. The summed E-state index contributed by atoms with van der Waals surface area (Å²) in [7, 11) is 0. The van der Waals surface area contributed by atoms with Crippen molar-refractivity contribution >= 4 is 59.9 Å². The van der Waals surface area contributed by atoms with Crippen molar-refractivity contribution in [3.8, 4) is 5.69 Å². The zero-order chi connectivity index (χ0) is 27.4. The number of aromatic nitrogens is 2. The van der Waals surface area contributed by atoms with Gasteiger partial charge < -0.3 is 8.97 Å². The molecule has 8 aromatic rings. The van der Waals surface area contributed by atoms with Crippen LogP contribution in [0.5, 0.6) is 0 Å². The molecular weight excluding hydrogens is 492 g/mol. The molecule has 40 heavy (non-hydrogen) atoms. The molecule has 192 valence electrons. The van der Waals surface area contributed by atoms with E-state index in [1.54, 1.807) is 0 Å². The topological polar surface area (TPSA) is 43.5 Å². The number of hydrogen-bond donors (Lipinski definition) is 0. The first-order chi connectivity index (χ1) is 19.3. The van der Waals surface area contributed by atoms with Crippen LogP contribution in [0.2, 0.25) is 0 Å². The second-order valence-corrected chi connectivity index (χ2v) is 11.2. The third kappa shape index (κ3) is 2.85. The number of nitrogens with zero attached hydrogens (tertiary/aromatic N) is 2. The third-order valence-electron chi connectivity index (χ3n) is 8.49. The molecule has 0 atom stereocenters. The molecule has 0 fully saturated rings. The first kappa shape index (κ1) is 23.0. The number of rotatable bonds is 1. The van der Waals surface area contributed by atoms with Gasteiger partial charge in [0.25, 0.3) is 0 Å².